The van der Waals surface area contributed by atoms with E-state index in [1.807, 2.05) is 12.1 Å². The smallest absolute Gasteiger partial charge is 0.292 e. The summed E-state index contributed by atoms with van der Waals surface area (Å²) in [5.74, 6) is 0.533. The average molecular weight is 380 g/mol. The second-order valence-corrected chi connectivity index (χ2v) is 5.80. The van der Waals surface area contributed by atoms with Crippen LogP contribution in [0.15, 0.2) is 60.3 Å². The molecule has 0 spiro atoms. The monoisotopic (exact) mass is 380 g/mol. The molecule has 0 bridgehead atoms. The van der Waals surface area contributed by atoms with Gasteiger partial charge in [0.05, 0.1) is 11.5 Å². The maximum Gasteiger partial charge on any atom is 0.292 e. The molecule has 28 heavy (non-hydrogen) atoms. The van der Waals surface area contributed by atoms with E-state index >= 15 is 0 Å². The molecular formula is C19H16N4O5. The Bertz CT molecular complexity index is 967. The number of nitro benzene ring substituents is 1. The lowest BCUT2D eigenvalue weighted by molar-refractivity contribution is -0.383. The van der Waals surface area contributed by atoms with Gasteiger partial charge in [0.1, 0.15) is 30.0 Å². The highest BCUT2D eigenvalue weighted by molar-refractivity contribution is 6.07. The van der Waals surface area contributed by atoms with Gasteiger partial charge in [-0.25, -0.2) is 0 Å². The zero-order valence-electron chi connectivity index (χ0n) is 14.6. The molecule has 0 saturated carbocycles. The van der Waals surface area contributed by atoms with Crippen LogP contribution in [0.1, 0.15) is 0 Å². The lowest BCUT2D eigenvalue weighted by Crippen LogP contribution is -2.37. The summed E-state index contributed by atoms with van der Waals surface area (Å²) >= 11 is 0. The van der Waals surface area contributed by atoms with Gasteiger partial charge in [-0.05, 0) is 18.2 Å². The van der Waals surface area contributed by atoms with Crippen LogP contribution in [0.5, 0.6) is 11.5 Å². The van der Waals surface area contributed by atoms with Crippen molar-refractivity contribution in [3.8, 4) is 17.6 Å². The summed E-state index contributed by atoms with van der Waals surface area (Å²) in [5.41, 5.74) is -0.470. The quantitative estimate of drug-likeness (QED) is 0.341. The Morgan fingerprint density at radius 3 is 2.71 bits per heavy atom. The van der Waals surface area contributed by atoms with Gasteiger partial charge in [-0.1, -0.05) is 24.3 Å². The summed E-state index contributed by atoms with van der Waals surface area (Å²) in [6.45, 7) is 0.625. The van der Waals surface area contributed by atoms with Crippen LogP contribution in [0, 0.1) is 21.4 Å². The van der Waals surface area contributed by atoms with E-state index in [-0.39, 0.29) is 23.1 Å². The summed E-state index contributed by atoms with van der Waals surface area (Å²) in [6.07, 6.45) is 0.943. The molecule has 0 aliphatic carbocycles. The number of carbonyl (C=O) groups is 1. The number of nitrogens with one attached hydrogen (secondary N) is 2. The summed E-state index contributed by atoms with van der Waals surface area (Å²) in [6, 6.07) is 14.7. The van der Waals surface area contributed by atoms with Gasteiger partial charge in [-0.3, -0.25) is 14.9 Å². The Labute approximate surface area is 160 Å². The minimum absolute atomic E-state index is 0.0132. The molecule has 0 radical (unpaired) electrons. The first-order valence-electron chi connectivity index (χ1n) is 8.35. The SMILES string of the molecule is N#C/C(=C/NCC1COc2ccccc2O1)C(=O)Nc1ccccc1[N+](=O)[O-]. The van der Waals surface area contributed by atoms with Crippen LogP contribution in [0.2, 0.25) is 0 Å². The number of anilines is 1. The van der Waals surface area contributed by atoms with Gasteiger partial charge in [0.25, 0.3) is 11.6 Å². The van der Waals surface area contributed by atoms with Crippen molar-refractivity contribution in [1.82, 2.24) is 5.32 Å². The first-order chi connectivity index (χ1) is 13.6. The number of nitrogens with zero attached hydrogens (tertiary/aromatic N) is 2. The molecule has 0 aromatic heterocycles. The van der Waals surface area contributed by atoms with Crippen LogP contribution in [-0.2, 0) is 4.79 Å². The van der Waals surface area contributed by atoms with E-state index in [9.17, 15) is 20.2 Å². The Hall–Kier alpha value is -4.06. The van der Waals surface area contributed by atoms with Crippen molar-refractivity contribution < 1.29 is 19.2 Å². The van der Waals surface area contributed by atoms with E-state index < -0.39 is 10.8 Å². The van der Waals surface area contributed by atoms with Gasteiger partial charge >= 0.3 is 0 Å². The summed E-state index contributed by atoms with van der Waals surface area (Å²) < 4.78 is 11.4. The number of para-hydroxylation sites is 4. The highest BCUT2D eigenvalue weighted by Crippen LogP contribution is 2.30. The van der Waals surface area contributed by atoms with Crippen LogP contribution < -0.4 is 20.1 Å². The molecule has 1 heterocycles. The Balaban J connectivity index is 1.59. The summed E-state index contributed by atoms with van der Waals surface area (Å²) in [7, 11) is 0. The molecule has 9 nitrogen and oxygen atoms in total. The number of benzene rings is 2. The zero-order chi connectivity index (χ0) is 19.9. The molecule has 3 rings (SSSR count). The standard InChI is InChI=1S/C19H16N4O5/c20-9-13(19(24)22-15-5-1-2-6-16(15)23(25)26)10-21-11-14-12-27-17-7-3-4-8-18(17)28-14/h1-8,10,14,21H,11-12H2,(H,22,24)/b13-10-. The normalized spacial score (nSPS) is 15.2. The number of hydrogen-bond acceptors (Lipinski definition) is 7. The second-order valence-electron chi connectivity index (χ2n) is 5.80. The number of fused-ring (bicyclic) bond motifs is 1. The van der Waals surface area contributed by atoms with Crippen LogP contribution in [-0.4, -0.2) is 30.1 Å². The summed E-state index contributed by atoms with van der Waals surface area (Å²) in [5, 5.41) is 25.5. The highest BCUT2D eigenvalue weighted by Gasteiger charge is 2.20. The van der Waals surface area contributed by atoms with E-state index in [4.69, 9.17) is 9.47 Å². The number of nitriles is 1. The van der Waals surface area contributed by atoms with Gasteiger partial charge in [0.2, 0.25) is 0 Å². The number of nitro groups is 1. The van der Waals surface area contributed by atoms with E-state index in [0.717, 1.165) is 0 Å². The van der Waals surface area contributed by atoms with Crippen molar-refractivity contribution in [2.75, 3.05) is 18.5 Å². The molecule has 2 aromatic carbocycles. The Kier molecular flexibility index (Phi) is 5.72. The fraction of sp³-hybridized carbons (Fsp3) is 0.158. The van der Waals surface area contributed by atoms with E-state index in [2.05, 4.69) is 10.6 Å². The first kappa shape index (κ1) is 18.7. The fourth-order valence-corrected chi connectivity index (χ4v) is 2.53. The fourth-order valence-electron chi connectivity index (χ4n) is 2.53. The minimum atomic E-state index is -0.754. The largest absolute Gasteiger partial charge is 0.486 e. The molecule has 1 atom stereocenters. The lowest BCUT2D eigenvalue weighted by atomic mass is 10.2. The van der Waals surface area contributed by atoms with Gasteiger partial charge in [0, 0.05) is 12.3 Å². The van der Waals surface area contributed by atoms with E-state index in [1.54, 1.807) is 24.3 Å². The third-order valence-electron chi connectivity index (χ3n) is 3.87. The second kappa shape index (κ2) is 8.55. The van der Waals surface area contributed by atoms with E-state index in [1.165, 1.54) is 24.4 Å². The molecule has 1 aliphatic rings. The molecule has 142 valence electrons. The predicted molar refractivity (Wildman–Crippen MR) is 99.8 cm³/mol. The van der Waals surface area contributed by atoms with Gasteiger partial charge in [-0.2, -0.15) is 5.26 Å². The van der Waals surface area contributed by atoms with Gasteiger partial charge in [0.15, 0.2) is 11.5 Å². The minimum Gasteiger partial charge on any atom is -0.486 e. The Morgan fingerprint density at radius 1 is 1.25 bits per heavy atom. The molecule has 1 amide bonds. The van der Waals surface area contributed by atoms with Crippen molar-refractivity contribution >= 4 is 17.3 Å². The molecule has 2 aromatic rings. The van der Waals surface area contributed by atoms with Crippen molar-refractivity contribution in [1.29, 1.82) is 5.26 Å². The maximum atomic E-state index is 12.2. The maximum absolute atomic E-state index is 12.2. The molecule has 0 saturated heterocycles. The number of rotatable bonds is 6. The number of hydrogen-bond donors (Lipinski definition) is 2. The van der Waals surface area contributed by atoms with Crippen molar-refractivity contribution in [2.45, 2.75) is 6.10 Å². The highest BCUT2D eigenvalue weighted by atomic mass is 16.6. The molecular weight excluding hydrogens is 364 g/mol. The third-order valence-corrected chi connectivity index (χ3v) is 3.87. The Morgan fingerprint density at radius 2 is 1.96 bits per heavy atom. The molecule has 9 heteroatoms. The number of carbonyl (C=O) groups excluding carboxylic acids is 1. The van der Waals surface area contributed by atoms with Crippen molar-refractivity contribution in [3.63, 3.8) is 0 Å². The van der Waals surface area contributed by atoms with Gasteiger partial charge < -0.3 is 20.1 Å². The molecule has 1 unspecified atom stereocenters. The average Bonchev–Trinajstić information content (AvgIpc) is 2.71. The van der Waals surface area contributed by atoms with Crippen molar-refractivity contribution in [3.05, 3.63) is 70.4 Å². The van der Waals surface area contributed by atoms with Crippen LogP contribution in [0.3, 0.4) is 0 Å². The molecule has 1 aliphatic heterocycles. The van der Waals surface area contributed by atoms with Gasteiger partial charge in [-0.15, -0.1) is 0 Å². The van der Waals surface area contributed by atoms with Crippen LogP contribution in [0.4, 0.5) is 11.4 Å². The topological polar surface area (TPSA) is 127 Å². The first-order valence-corrected chi connectivity index (χ1v) is 8.35. The predicted octanol–water partition coefficient (Wildman–Crippen LogP) is 2.37. The van der Waals surface area contributed by atoms with Crippen molar-refractivity contribution in [2.24, 2.45) is 0 Å². The summed E-state index contributed by atoms with van der Waals surface area (Å²) in [4.78, 5) is 22.6. The number of amides is 1. The number of ether oxygens (including phenoxy) is 2. The third kappa shape index (κ3) is 4.37. The van der Waals surface area contributed by atoms with Crippen LogP contribution >= 0.6 is 0 Å². The lowest BCUT2D eigenvalue weighted by Gasteiger charge is -2.26. The molecule has 0 fully saturated rings. The van der Waals surface area contributed by atoms with Crippen LogP contribution in [0.25, 0.3) is 0 Å². The zero-order valence-corrected chi connectivity index (χ0v) is 14.6. The molecule has 2 N–H and O–H groups in total. The van der Waals surface area contributed by atoms with E-state index in [0.29, 0.717) is 24.7 Å².